The molecule has 92 valence electrons. The largest absolute Gasteiger partial charge is 0.391 e. The second-order valence-electron chi connectivity index (χ2n) is 4.95. The van der Waals surface area contributed by atoms with Crippen LogP contribution in [0.3, 0.4) is 0 Å². The summed E-state index contributed by atoms with van der Waals surface area (Å²) < 4.78 is 5.40. The van der Waals surface area contributed by atoms with Crippen molar-refractivity contribution in [1.29, 1.82) is 0 Å². The van der Waals surface area contributed by atoms with Crippen LogP contribution >= 0.6 is 0 Å². The molecule has 2 rings (SSSR count). The third-order valence-corrected chi connectivity index (χ3v) is 4.12. The van der Waals surface area contributed by atoms with Crippen LogP contribution in [0, 0.1) is 0 Å². The molecule has 0 radical (unpaired) electrons. The van der Waals surface area contributed by atoms with Crippen molar-refractivity contribution in [3.63, 3.8) is 0 Å². The summed E-state index contributed by atoms with van der Waals surface area (Å²) >= 11 is 0. The summed E-state index contributed by atoms with van der Waals surface area (Å²) in [6.07, 6.45) is 7.02. The zero-order chi connectivity index (χ0) is 11.4. The molecule has 1 saturated heterocycles. The van der Waals surface area contributed by atoms with E-state index in [9.17, 15) is 5.11 Å². The van der Waals surface area contributed by atoms with Gasteiger partial charge in [-0.25, -0.2) is 0 Å². The zero-order valence-corrected chi connectivity index (χ0v) is 10.0. The Labute approximate surface area is 98.1 Å². The van der Waals surface area contributed by atoms with E-state index in [0.29, 0.717) is 6.42 Å². The molecule has 0 amide bonds. The van der Waals surface area contributed by atoms with Crippen LogP contribution < -0.4 is 0 Å². The lowest BCUT2D eigenvalue weighted by molar-refractivity contribution is -0.0746. The Morgan fingerprint density at radius 2 is 1.94 bits per heavy atom. The Morgan fingerprint density at radius 1 is 1.31 bits per heavy atom. The molecule has 2 fully saturated rings. The smallest absolute Gasteiger partial charge is 0.0758 e. The van der Waals surface area contributed by atoms with Crippen molar-refractivity contribution in [1.82, 2.24) is 4.90 Å². The van der Waals surface area contributed by atoms with Crippen LogP contribution in [-0.2, 0) is 4.74 Å². The van der Waals surface area contributed by atoms with Crippen molar-refractivity contribution in [3.05, 3.63) is 12.7 Å². The number of hydrogen-bond acceptors (Lipinski definition) is 3. The lowest BCUT2D eigenvalue weighted by Gasteiger charge is -2.46. The minimum Gasteiger partial charge on any atom is -0.391 e. The average Bonchev–Trinajstić information content (AvgIpc) is 2.81. The quantitative estimate of drug-likeness (QED) is 0.737. The fourth-order valence-corrected chi connectivity index (χ4v) is 3.23. The molecule has 0 spiro atoms. The van der Waals surface area contributed by atoms with E-state index in [1.165, 1.54) is 12.8 Å². The Kier molecular flexibility index (Phi) is 4.00. The Bertz CT molecular complexity index is 230. The number of ether oxygens (including phenoxy) is 1. The predicted octanol–water partition coefficient (Wildman–Crippen LogP) is 1.57. The molecule has 0 bridgehead atoms. The van der Waals surface area contributed by atoms with Crippen molar-refractivity contribution >= 4 is 0 Å². The topological polar surface area (TPSA) is 32.7 Å². The van der Waals surface area contributed by atoms with Gasteiger partial charge >= 0.3 is 0 Å². The van der Waals surface area contributed by atoms with Gasteiger partial charge in [0.15, 0.2) is 0 Å². The zero-order valence-electron chi connectivity index (χ0n) is 10.0. The fourth-order valence-electron chi connectivity index (χ4n) is 3.23. The monoisotopic (exact) mass is 225 g/mol. The molecule has 1 aliphatic carbocycles. The average molecular weight is 225 g/mol. The van der Waals surface area contributed by atoms with Gasteiger partial charge in [-0.05, 0) is 19.3 Å². The summed E-state index contributed by atoms with van der Waals surface area (Å²) in [5.74, 6) is 0. The van der Waals surface area contributed by atoms with Gasteiger partial charge in [0.05, 0.1) is 19.3 Å². The third-order valence-electron chi connectivity index (χ3n) is 4.12. The van der Waals surface area contributed by atoms with E-state index in [0.717, 1.165) is 39.1 Å². The number of aliphatic hydroxyl groups excluding tert-OH is 1. The maximum absolute atomic E-state index is 10.4. The summed E-state index contributed by atoms with van der Waals surface area (Å²) in [6, 6.07) is 0. The van der Waals surface area contributed by atoms with Gasteiger partial charge in [0, 0.05) is 18.6 Å². The first-order valence-electron chi connectivity index (χ1n) is 6.41. The van der Waals surface area contributed by atoms with Gasteiger partial charge in [0.2, 0.25) is 0 Å². The van der Waals surface area contributed by atoms with Crippen LogP contribution in [0.5, 0.6) is 0 Å². The molecular formula is C13H23NO2. The summed E-state index contributed by atoms with van der Waals surface area (Å²) in [7, 11) is 0. The highest BCUT2D eigenvalue weighted by Gasteiger charge is 2.45. The molecule has 0 aromatic carbocycles. The normalized spacial score (nSPS) is 27.8. The van der Waals surface area contributed by atoms with E-state index in [4.69, 9.17) is 4.74 Å². The second kappa shape index (κ2) is 5.30. The van der Waals surface area contributed by atoms with Gasteiger partial charge < -0.3 is 9.84 Å². The number of nitrogens with zero attached hydrogens (tertiary/aromatic N) is 1. The molecule has 1 atom stereocenters. The van der Waals surface area contributed by atoms with Crippen molar-refractivity contribution in [3.8, 4) is 0 Å². The van der Waals surface area contributed by atoms with Gasteiger partial charge in [0.25, 0.3) is 0 Å². The molecule has 3 nitrogen and oxygen atoms in total. The molecule has 0 aromatic rings. The van der Waals surface area contributed by atoms with E-state index in [2.05, 4.69) is 11.5 Å². The second-order valence-corrected chi connectivity index (χ2v) is 4.95. The lowest BCUT2D eigenvalue weighted by Crippen LogP contribution is -2.58. The summed E-state index contributed by atoms with van der Waals surface area (Å²) in [5, 5.41) is 10.4. The van der Waals surface area contributed by atoms with Crippen LogP contribution in [0.25, 0.3) is 0 Å². The van der Waals surface area contributed by atoms with E-state index in [-0.39, 0.29) is 11.6 Å². The first kappa shape index (κ1) is 12.1. The van der Waals surface area contributed by atoms with Gasteiger partial charge in [-0.3, -0.25) is 4.90 Å². The maximum Gasteiger partial charge on any atom is 0.0758 e. The highest BCUT2D eigenvalue weighted by atomic mass is 16.5. The highest BCUT2D eigenvalue weighted by molar-refractivity contribution is 5.02. The van der Waals surface area contributed by atoms with Crippen molar-refractivity contribution < 1.29 is 9.84 Å². The predicted molar refractivity (Wildman–Crippen MR) is 64.4 cm³/mol. The molecule has 1 saturated carbocycles. The summed E-state index contributed by atoms with van der Waals surface area (Å²) in [4.78, 5) is 2.46. The van der Waals surface area contributed by atoms with Gasteiger partial charge in [0.1, 0.15) is 0 Å². The van der Waals surface area contributed by atoms with Crippen molar-refractivity contribution in [2.75, 3.05) is 26.3 Å². The van der Waals surface area contributed by atoms with E-state index >= 15 is 0 Å². The van der Waals surface area contributed by atoms with Crippen molar-refractivity contribution in [2.45, 2.75) is 43.7 Å². The lowest BCUT2D eigenvalue weighted by atomic mass is 9.86. The Morgan fingerprint density at radius 3 is 2.50 bits per heavy atom. The Hall–Kier alpha value is -0.380. The molecule has 0 aromatic heterocycles. The van der Waals surface area contributed by atoms with E-state index in [1.807, 2.05) is 6.08 Å². The molecule has 1 aliphatic heterocycles. The van der Waals surface area contributed by atoms with Crippen molar-refractivity contribution in [2.24, 2.45) is 0 Å². The molecule has 3 heteroatoms. The first-order chi connectivity index (χ1) is 7.79. The number of hydrogen-bond donors (Lipinski definition) is 1. The molecule has 16 heavy (non-hydrogen) atoms. The fraction of sp³-hybridized carbons (Fsp3) is 0.846. The summed E-state index contributed by atoms with van der Waals surface area (Å²) in [6.45, 7) is 7.29. The molecule has 2 aliphatic rings. The van der Waals surface area contributed by atoms with E-state index < -0.39 is 0 Å². The SMILES string of the molecule is C=CCC(O)C1(N2CCOCC2)CCCC1. The third kappa shape index (κ3) is 2.17. The van der Waals surface area contributed by atoms with Crippen LogP contribution in [-0.4, -0.2) is 48.0 Å². The van der Waals surface area contributed by atoms with Gasteiger partial charge in [-0.1, -0.05) is 18.9 Å². The number of rotatable bonds is 4. The molecule has 1 N–H and O–H groups in total. The molecule has 1 heterocycles. The minimum atomic E-state index is -0.259. The Balaban J connectivity index is 2.09. The van der Waals surface area contributed by atoms with Crippen LogP contribution in [0.1, 0.15) is 32.1 Å². The van der Waals surface area contributed by atoms with Crippen LogP contribution in [0.2, 0.25) is 0 Å². The first-order valence-corrected chi connectivity index (χ1v) is 6.41. The van der Waals surface area contributed by atoms with Crippen LogP contribution in [0.4, 0.5) is 0 Å². The van der Waals surface area contributed by atoms with Gasteiger partial charge in [-0.15, -0.1) is 6.58 Å². The maximum atomic E-state index is 10.4. The summed E-state index contributed by atoms with van der Waals surface area (Å²) in [5.41, 5.74) is 0.0119. The van der Waals surface area contributed by atoms with Crippen LogP contribution in [0.15, 0.2) is 12.7 Å². The number of aliphatic hydroxyl groups is 1. The van der Waals surface area contributed by atoms with Gasteiger partial charge in [-0.2, -0.15) is 0 Å². The standard InChI is InChI=1S/C13H23NO2/c1-2-5-12(15)13(6-3-4-7-13)14-8-10-16-11-9-14/h2,12,15H,1,3-11H2. The highest BCUT2D eigenvalue weighted by Crippen LogP contribution is 2.39. The minimum absolute atomic E-state index is 0.0119. The van der Waals surface area contributed by atoms with E-state index in [1.54, 1.807) is 0 Å². The molecular weight excluding hydrogens is 202 g/mol. The number of morpholine rings is 1. The molecule has 1 unspecified atom stereocenters.